The van der Waals surface area contributed by atoms with E-state index < -0.39 is 5.41 Å². The number of hydrogen-bond donors (Lipinski definition) is 3. The second-order valence-corrected chi connectivity index (χ2v) is 2.43. The molecule has 0 heterocycles. The van der Waals surface area contributed by atoms with Gasteiger partial charge in [-0.1, -0.05) is 0 Å². The van der Waals surface area contributed by atoms with Crippen LogP contribution in [0.2, 0.25) is 0 Å². The van der Waals surface area contributed by atoms with Gasteiger partial charge >= 0.3 is 0 Å². The third-order valence-electron chi connectivity index (χ3n) is 1.64. The molecule has 0 saturated carbocycles. The van der Waals surface area contributed by atoms with Crippen LogP contribution < -0.4 is 0 Å². The normalized spacial score (nSPS) is 12.0. The zero-order chi connectivity index (χ0) is 8.04. The molecular formula is C6H13O4. The highest BCUT2D eigenvalue weighted by molar-refractivity contribution is 4.75. The maximum Gasteiger partial charge on any atom is 0.0830 e. The maximum atomic E-state index is 10.1. The maximum absolute atomic E-state index is 10.1. The topological polar surface area (TPSA) is 80.6 Å². The van der Waals surface area contributed by atoms with Gasteiger partial charge in [-0.3, -0.25) is 0 Å². The van der Waals surface area contributed by atoms with Crippen molar-refractivity contribution in [2.45, 2.75) is 6.42 Å². The van der Waals surface area contributed by atoms with Gasteiger partial charge in [0.05, 0.1) is 26.4 Å². The molecule has 1 radical (unpaired) electrons. The Balaban J connectivity index is 3.87. The van der Waals surface area contributed by atoms with Gasteiger partial charge in [0, 0.05) is 5.41 Å². The molecule has 0 rings (SSSR count). The second-order valence-electron chi connectivity index (χ2n) is 2.43. The molecule has 0 aromatic carbocycles. The van der Waals surface area contributed by atoms with Gasteiger partial charge in [-0.2, -0.15) is 0 Å². The van der Waals surface area contributed by atoms with Gasteiger partial charge in [-0.05, 0) is 6.42 Å². The summed E-state index contributed by atoms with van der Waals surface area (Å²) in [4.78, 5) is 0. The fourth-order valence-corrected chi connectivity index (χ4v) is 0.604. The Kier molecular flexibility index (Phi) is 4.55. The molecule has 0 saturated heterocycles. The SMILES string of the molecule is [O]CCC(CO)(CO)CO. The van der Waals surface area contributed by atoms with E-state index in [0.717, 1.165) is 0 Å². The Morgan fingerprint density at radius 1 is 1.00 bits per heavy atom. The molecule has 0 atom stereocenters. The molecule has 0 aliphatic carbocycles. The Labute approximate surface area is 59.7 Å². The molecule has 0 aliphatic rings. The molecule has 4 nitrogen and oxygen atoms in total. The average Bonchev–Trinajstić information content (AvgIpc) is 2.01. The zero-order valence-electron chi connectivity index (χ0n) is 5.79. The van der Waals surface area contributed by atoms with Crippen LogP contribution in [-0.2, 0) is 5.11 Å². The van der Waals surface area contributed by atoms with E-state index in [1.165, 1.54) is 0 Å². The summed E-state index contributed by atoms with van der Waals surface area (Å²) in [7, 11) is 0. The predicted octanol–water partition coefficient (Wildman–Crippen LogP) is -1.23. The van der Waals surface area contributed by atoms with Crippen molar-refractivity contribution in [3.8, 4) is 0 Å². The van der Waals surface area contributed by atoms with Crippen molar-refractivity contribution in [2.24, 2.45) is 5.41 Å². The summed E-state index contributed by atoms with van der Waals surface area (Å²) < 4.78 is 0. The number of aliphatic hydroxyl groups is 3. The highest BCUT2D eigenvalue weighted by Crippen LogP contribution is 2.18. The number of aliphatic hydroxyl groups excluding tert-OH is 3. The summed E-state index contributed by atoms with van der Waals surface area (Å²) in [5, 5.41) is 36.0. The summed E-state index contributed by atoms with van der Waals surface area (Å²) in [6.07, 6.45) is 0.108. The van der Waals surface area contributed by atoms with Gasteiger partial charge in [0.1, 0.15) is 0 Å². The van der Waals surface area contributed by atoms with Crippen LogP contribution in [0.3, 0.4) is 0 Å². The van der Waals surface area contributed by atoms with Gasteiger partial charge < -0.3 is 15.3 Å². The third-order valence-corrected chi connectivity index (χ3v) is 1.64. The first-order valence-electron chi connectivity index (χ1n) is 3.15. The summed E-state index contributed by atoms with van der Waals surface area (Å²) in [5.41, 5.74) is -0.970. The average molecular weight is 149 g/mol. The Morgan fingerprint density at radius 3 is 1.50 bits per heavy atom. The molecule has 0 spiro atoms. The van der Waals surface area contributed by atoms with Crippen molar-refractivity contribution in [2.75, 3.05) is 26.4 Å². The first kappa shape index (κ1) is 9.84. The van der Waals surface area contributed by atoms with E-state index in [-0.39, 0.29) is 32.8 Å². The number of hydrogen-bond acceptors (Lipinski definition) is 3. The molecule has 0 fully saturated rings. The summed E-state index contributed by atoms with van der Waals surface area (Å²) in [6.45, 7) is -1.42. The molecule has 61 valence electrons. The van der Waals surface area contributed by atoms with Gasteiger partial charge in [0.25, 0.3) is 0 Å². The lowest BCUT2D eigenvalue weighted by atomic mass is 9.88. The van der Waals surface area contributed by atoms with Crippen LogP contribution in [0.1, 0.15) is 6.42 Å². The van der Waals surface area contributed by atoms with Crippen molar-refractivity contribution in [3.63, 3.8) is 0 Å². The lowest BCUT2D eigenvalue weighted by Gasteiger charge is -2.25. The van der Waals surface area contributed by atoms with Crippen LogP contribution in [0.25, 0.3) is 0 Å². The largest absolute Gasteiger partial charge is 0.396 e. The van der Waals surface area contributed by atoms with E-state index in [1.807, 2.05) is 0 Å². The van der Waals surface area contributed by atoms with Crippen LogP contribution in [-0.4, -0.2) is 41.7 Å². The lowest BCUT2D eigenvalue weighted by Crippen LogP contribution is -2.34. The van der Waals surface area contributed by atoms with E-state index in [0.29, 0.717) is 0 Å². The van der Waals surface area contributed by atoms with Crippen LogP contribution in [0.15, 0.2) is 0 Å². The van der Waals surface area contributed by atoms with Gasteiger partial charge in [0.2, 0.25) is 0 Å². The molecule has 4 heteroatoms. The minimum absolute atomic E-state index is 0.108. The molecule has 0 bridgehead atoms. The van der Waals surface area contributed by atoms with Crippen molar-refractivity contribution in [3.05, 3.63) is 0 Å². The van der Waals surface area contributed by atoms with E-state index in [4.69, 9.17) is 15.3 Å². The minimum Gasteiger partial charge on any atom is -0.396 e. The number of rotatable bonds is 5. The Bertz CT molecular complexity index is 71.6. The van der Waals surface area contributed by atoms with E-state index in [1.54, 1.807) is 0 Å². The molecule has 0 unspecified atom stereocenters. The molecule has 10 heavy (non-hydrogen) atoms. The molecule has 3 N–H and O–H groups in total. The zero-order valence-corrected chi connectivity index (χ0v) is 5.79. The van der Waals surface area contributed by atoms with Crippen LogP contribution in [0.5, 0.6) is 0 Å². The molecule has 0 aromatic rings. The first-order valence-corrected chi connectivity index (χ1v) is 3.15. The second kappa shape index (κ2) is 4.62. The Morgan fingerprint density at radius 2 is 1.40 bits per heavy atom. The van der Waals surface area contributed by atoms with Crippen molar-refractivity contribution < 1.29 is 20.4 Å². The van der Waals surface area contributed by atoms with Gasteiger partial charge in [0.15, 0.2) is 0 Å². The first-order chi connectivity index (χ1) is 4.74. The summed E-state index contributed by atoms with van der Waals surface area (Å²) in [5.74, 6) is 0. The lowest BCUT2D eigenvalue weighted by molar-refractivity contribution is -0.0182. The molecular weight excluding hydrogens is 136 g/mol. The van der Waals surface area contributed by atoms with E-state index >= 15 is 0 Å². The molecule has 0 aromatic heterocycles. The third kappa shape index (κ3) is 2.22. The molecule has 0 aliphatic heterocycles. The fourth-order valence-electron chi connectivity index (χ4n) is 0.604. The van der Waals surface area contributed by atoms with Crippen molar-refractivity contribution in [1.29, 1.82) is 0 Å². The highest BCUT2D eigenvalue weighted by Gasteiger charge is 2.27. The highest BCUT2D eigenvalue weighted by atomic mass is 16.3. The minimum atomic E-state index is -0.970. The molecule has 0 amide bonds. The Hall–Kier alpha value is -0.160. The van der Waals surface area contributed by atoms with E-state index in [9.17, 15) is 5.11 Å². The summed E-state index contributed by atoms with van der Waals surface area (Å²) >= 11 is 0. The predicted molar refractivity (Wildman–Crippen MR) is 33.9 cm³/mol. The van der Waals surface area contributed by atoms with Crippen molar-refractivity contribution >= 4 is 0 Å². The summed E-state index contributed by atoms with van der Waals surface area (Å²) in [6, 6.07) is 0. The van der Waals surface area contributed by atoms with Crippen LogP contribution >= 0.6 is 0 Å². The van der Waals surface area contributed by atoms with Crippen LogP contribution in [0, 0.1) is 5.41 Å². The van der Waals surface area contributed by atoms with Gasteiger partial charge in [-0.15, -0.1) is 0 Å². The van der Waals surface area contributed by atoms with Gasteiger partial charge in [-0.25, -0.2) is 5.11 Å². The fraction of sp³-hybridized carbons (Fsp3) is 1.00. The quantitative estimate of drug-likeness (QED) is 0.458. The van der Waals surface area contributed by atoms with Crippen LogP contribution in [0.4, 0.5) is 0 Å². The van der Waals surface area contributed by atoms with Crippen molar-refractivity contribution in [1.82, 2.24) is 0 Å². The smallest absolute Gasteiger partial charge is 0.0830 e. The monoisotopic (exact) mass is 149 g/mol. The standard InChI is InChI=1S/C6H13O4/c7-2-1-6(3-8,4-9)5-10/h8-10H,1-5H2. The van der Waals surface area contributed by atoms with E-state index in [2.05, 4.69) is 0 Å².